The number of hydrogen-bond acceptors (Lipinski definition) is 3. The molecule has 1 atom stereocenters. The van der Waals surface area contributed by atoms with Crippen molar-refractivity contribution in [1.29, 1.82) is 0 Å². The first-order valence-corrected chi connectivity index (χ1v) is 4.54. The van der Waals surface area contributed by atoms with E-state index in [0.29, 0.717) is 11.4 Å². The molecule has 0 bridgehead atoms. The van der Waals surface area contributed by atoms with Gasteiger partial charge >= 0.3 is 5.97 Å². The summed E-state index contributed by atoms with van der Waals surface area (Å²) in [7, 11) is 0. The smallest absolute Gasteiger partial charge is 0.326 e. The van der Waals surface area contributed by atoms with Gasteiger partial charge in [-0.2, -0.15) is 0 Å². The standard InChI is InChI=1S/C8H9NO3S/c1-6(8(11)12)9(5-10)7-3-2-4-13-7/h2-6H,1H3,(H,11,12). The van der Waals surface area contributed by atoms with E-state index in [9.17, 15) is 9.59 Å². The van der Waals surface area contributed by atoms with Crippen molar-refractivity contribution in [2.24, 2.45) is 0 Å². The molecule has 1 aromatic heterocycles. The Bertz CT molecular complexity index is 296. The summed E-state index contributed by atoms with van der Waals surface area (Å²) in [6.45, 7) is 1.47. The molecule has 0 radical (unpaired) electrons. The van der Waals surface area contributed by atoms with Gasteiger partial charge in [-0.25, -0.2) is 4.79 Å². The minimum atomic E-state index is -1.01. The quantitative estimate of drug-likeness (QED) is 0.741. The Kier molecular flexibility index (Phi) is 3.02. The largest absolute Gasteiger partial charge is 0.480 e. The summed E-state index contributed by atoms with van der Waals surface area (Å²) in [4.78, 5) is 22.4. The summed E-state index contributed by atoms with van der Waals surface area (Å²) in [6, 6.07) is 2.65. The third kappa shape index (κ3) is 2.06. The SMILES string of the molecule is CC(C(=O)O)N(C=O)c1cccs1. The zero-order chi connectivity index (χ0) is 9.84. The van der Waals surface area contributed by atoms with E-state index in [1.165, 1.54) is 23.2 Å². The van der Waals surface area contributed by atoms with Crippen molar-refractivity contribution in [2.45, 2.75) is 13.0 Å². The number of thiophene rings is 1. The van der Waals surface area contributed by atoms with Gasteiger partial charge in [-0.3, -0.25) is 9.69 Å². The van der Waals surface area contributed by atoms with Gasteiger partial charge in [-0.05, 0) is 24.4 Å². The molecule has 0 aliphatic rings. The van der Waals surface area contributed by atoms with Gasteiger partial charge in [0.25, 0.3) is 0 Å². The van der Waals surface area contributed by atoms with E-state index < -0.39 is 12.0 Å². The van der Waals surface area contributed by atoms with Crippen LogP contribution in [-0.2, 0) is 9.59 Å². The highest BCUT2D eigenvalue weighted by molar-refractivity contribution is 7.14. The van der Waals surface area contributed by atoms with Crippen LogP contribution < -0.4 is 4.90 Å². The maximum absolute atomic E-state index is 10.6. The van der Waals surface area contributed by atoms with Gasteiger partial charge in [0.2, 0.25) is 6.41 Å². The number of amides is 1. The van der Waals surface area contributed by atoms with Crippen molar-refractivity contribution in [3.05, 3.63) is 17.5 Å². The molecule has 0 aliphatic carbocycles. The Morgan fingerprint density at radius 3 is 2.85 bits per heavy atom. The molecule has 0 saturated carbocycles. The highest BCUT2D eigenvalue weighted by atomic mass is 32.1. The van der Waals surface area contributed by atoms with Crippen molar-refractivity contribution in [3.8, 4) is 0 Å². The Labute approximate surface area is 79.4 Å². The van der Waals surface area contributed by atoms with Gasteiger partial charge in [-0.1, -0.05) is 0 Å². The highest BCUT2D eigenvalue weighted by Gasteiger charge is 2.20. The number of nitrogens with zero attached hydrogens (tertiary/aromatic N) is 1. The fourth-order valence-corrected chi connectivity index (χ4v) is 1.65. The Hall–Kier alpha value is -1.36. The summed E-state index contributed by atoms with van der Waals surface area (Å²) >= 11 is 1.33. The number of anilines is 1. The average molecular weight is 199 g/mol. The van der Waals surface area contributed by atoms with Crippen LogP contribution in [0.2, 0.25) is 0 Å². The fraction of sp³-hybridized carbons (Fsp3) is 0.250. The average Bonchev–Trinajstić information content (AvgIpc) is 2.58. The summed E-state index contributed by atoms with van der Waals surface area (Å²) in [5.41, 5.74) is 0. The molecule has 1 unspecified atom stereocenters. The van der Waals surface area contributed by atoms with Crippen LogP contribution in [0.15, 0.2) is 17.5 Å². The second kappa shape index (κ2) is 4.04. The number of carboxylic acid groups (broad SMARTS) is 1. The molecule has 1 amide bonds. The van der Waals surface area contributed by atoms with E-state index in [1.54, 1.807) is 17.5 Å². The molecule has 0 aromatic carbocycles. The van der Waals surface area contributed by atoms with Crippen LogP contribution in [-0.4, -0.2) is 23.5 Å². The highest BCUT2D eigenvalue weighted by Crippen LogP contribution is 2.21. The molecule has 5 heteroatoms. The van der Waals surface area contributed by atoms with Gasteiger partial charge in [0, 0.05) is 0 Å². The van der Waals surface area contributed by atoms with Crippen molar-refractivity contribution < 1.29 is 14.7 Å². The Balaban J connectivity index is 2.86. The van der Waals surface area contributed by atoms with Crippen LogP contribution in [0, 0.1) is 0 Å². The van der Waals surface area contributed by atoms with E-state index in [2.05, 4.69) is 0 Å². The molecule has 1 aromatic rings. The van der Waals surface area contributed by atoms with Crippen LogP contribution in [0.3, 0.4) is 0 Å². The molecule has 0 saturated heterocycles. The first kappa shape index (κ1) is 9.73. The number of hydrogen-bond donors (Lipinski definition) is 1. The van der Waals surface area contributed by atoms with Gasteiger partial charge in [0.1, 0.15) is 6.04 Å². The maximum Gasteiger partial charge on any atom is 0.326 e. The molecule has 70 valence electrons. The lowest BCUT2D eigenvalue weighted by Gasteiger charge is -2.19. The van der Waals surface area contributed by atoms with Crippen LogP contribution in [0.5, 0.6) is 0 Å². The monoisotopic (exact) mass is 199 g/mol. The first-order valence-electron chi connectivity index (χ1n) is 3.66. The summed E-state index contributed by atoms with van der Waals surface area (Å²) in [5.74, 6) is -1.01. The number of carboxylic acids is 1. The lowest BCUT2D eigenvalue weighted by Crippen LogP contribution is -2.37. The van der Waals surface area contributed by atoms with Crippen molar-refractivity contribution >= 4 is 28.7 Å². The van der Waals surface area contributed by atoms with E-state index in [1.807, 2.05) is 0 Å². The molecule has 1 rings (SSSR count). The fourth-order valence-electron chi connectivity index (χ4n) is 0.870. The molecule has 1 heterocycles. The van der Waals surface area contributed by atoms with Crippen LogP contribution in [0.4, 0.5) is 5.00 Å². The van der Waals surface area contributed by atoms with Crippen molar-refractivity contribution in [2.75, 3.05) is 4.90 Å². The van der Waals surface area contributed by atoms with E-state index in [0.717, 1.165) is 0 Å². The van der Waals surface area contributed by atoms with Gasteiger partial charge in [0.15, 0.2) is 0 Å². The Morgan fingerprint density at radius 2 is 2.46 bits per heavy atom. The Morgan fingerprint density at radius 1 is 1.77 bits per heavy atom. The number of rotatable bonds is 4. The molecule has 0 fully saturated rings. The second-order valence-corrected chi connectivity index (χ2v) is 3.40. The third-order valence-electron chi connectivity index (χ3n) is 1.65. The normalized spacial score (nSPS) is 12.1. The van der Waals surface area contributed by atoms with E-state index in [4.69, 9.17) is 5.11 Å². The van der Waals surface area contributed by atoms with E-state index >= 15 is 0 Å². The molecular formula is C8H9NO3S. The lowest BCUT2D eigenvalue weighted by molar-refractivity contribution is -0.138. The summed E-state index contributed by atoms with van der Waals surface area (Å²) in [6.07, 6.45) is 0.532. The van der Waals surface area contributed by atoms with Gasteiger partial charge in [0.05, 0.1) is 5.00 Å². The lowest BCUT2D eigenvalue weighted by atomic mass is 10.3. The molecule has 1 N–H and O–H groups in total. The van der Waals surface area contributed by atoms with Crippen LogP contribution in [0.25, 0.3) is 0 Å². The zero-order valence-electron chi connectivity index (χ0n) is 7.01. The number of carbonyl (C=O) groups excluding carboxylic acids is 1. The molecule has 4 nitrogen and oxygen atoms in total. The predicted molar refractivity (Wildman–Crippen MR) is 50.0 cm³/mol. The van der Waals surface area contributed by atoms with Gasteiger partial charge < -0.3 is 5.11 Å². The first-order chi connectivity index (χ1) is 6.16. The minimum absolute atomic E-state index is 0.532. The number of aliphatic carboxylic acids is 1. The van der Waals surface area contributed by atoms with Crippen LogP contribution in [0.1, 0.15) is 6.92 Å². The molecule has 0 spiro atoms. The van der Waals surface area contributed by atoms with E-state index in [-0.39, 0.29) is 0 Å². The van der Waals surface area contributed by atoms with Crippen LogP contribution >= 0.6 is 11.3 Å². The molecular weight excluding hydrogens is 190 g/mol. The number of carbonyl (C=O) groups is 2. The van der Waals surface area contributed by atoms with Gasteiger partial charge in [-0.15, -0.1) is 11.3 Å². The second-order valence-electron chi connectivity index (χ2n) is 2.48. The topological polar surface area (TPSA) is 57.6 Å². The summed E-state index contributed by atoms with van der Waals surface area (Å²) < 4.78 is 0. The third-order valence-corrected chi connectivity index (χ3v) is 2.53. The molecule has 0 aliphatic heterocycles. The zero-order valence-corrected chi connectivity index (χ0v) is 7.82. The summed E-state index contributed by atoms with van der Waals surface area (Å²) in [5, 5.41) is 11.1. The maximum atomic E-state index is 10.6. The minimum Gasteiger partial charge on any atom is -0.480 e. The van der Waals surface area contributed by atoms with Crippen molar-refractivity contribution in [1.82, 2.24) is 0 Å². The molecule has 13 heavy (non-hydrogen) atoms. The predicted octanol–water partition coefficient (Wildman–Crippen LogP) is 1.18. The van der Waals surface area contributed by atoms with Crippen molar-refractivity contribution in [3.63, 3.8) is 0 Å².